The van der Waals surface area contributed by atoms with Gasteiger partial charge in [0, 0.05) is 24.2 Å². The van der Waals surface area contributed by atoms with Crippen molar-refractivity contribution < 1.29 is 15.0 Å². The zero-order valence-electron chi connectivity index (χ0n) is 15.8. The highest BCUT2D eigenvalue weighted by atomic mass is 35.5. The molecule has 2 unspecified atom stereocenters. The average molecular weight is 440 g/mol. The van der Waals surface area contributed by atoms with Crippen molar-refractivity contribution in [2.75, 3.05) is 36.5 Å². The van der Waals surface area contributed by atoms with Crippen LogP contribution in [0.25, 0.3) is 0 Å². The summed E-state index contributed by atoms with van der Waals surface area (Å²) in [4.78, 5) is 23.0. The van der Waals surface area contributed by atoms with E-state index >= 15 is 0 Å². The summed E-state index contributed by atoms with van der Waals surface area (Å²) in [6, 6.07) is 6.33. The number of nitrogens with one attached hydrogen (secondary N) is 2. The van der Waals surface area contributed by atoms with Crippen LogP contribution in [0.4, 0.5) is 11.8 Å². The van der Waals surface area contributed by atoms with Crippen LogP contribution in [0.5, 0.6) is 0 Å². The number of benzene rings is 1. The topological polar surface area (TPSA) is 111 Å². The molecule has 1 aliphatic rings. The van der Waals surface area contributed by atoms with Crippen molar-refractivity contribution in [1.29, 1.82) is 0 Å². The minimum atomic E-state index is -0.520. The van der Waals surface area contributed by atoms with Crippen LogP contribution < -0.4 is 15.5 Å². The van der Waals surface area contributed by atoms with Crippen molar-refractivity contribution in [3.05, 3.63) is 46.1 Å². The molecule has 0 radical (unpaired) electrons. The Labute approximate surface area is 178 Å². The van der Waals surface area contributed by atoms with Crippen LogP contribution in [-0.4, -0.2) is 58.4 Å². The predicted molar refractivity (Wildman–Crippen MR) is 112 cm³/mol. The highest BCUT2D eigenvalue weighted by molar-refractivity contribution is 6.32. The zero-order valence-corrected chi connectivity index (χ0v) is 17.4. The monoisotopic (exact) mass is 439 g/mol. The van der Waals surface area contributed by atoms with Gasteiger partial charge in [-0.05, 0) is 24.6 Å². The molecule has 4 N–H and O–H groups in total. The van der Waals surface area contributed by atoms with Crippen molar-refractivity contribution in [3.63, 3.8) is 0 Å². The Bertz CT molecular complexity index is 863. The van der Waals surface area contributed by atoms with Gasteiger partial charge in [-0.25, -0.2) is 4.98 Å². The molecule has 3 rings (SSSR count). The lowest BCUT2D eigenvalue weighted by atomic mass is 9.98. The third kappa shape index (κ3) is 5.27. The van der Waals surface area contributed by atoms with Gasteiger partial charge in [0.05, 0.1) is 31.4 Å². The number of halogens is 2. The summed E-state index contributed by atoms with van der Waals surface area (Å²) in [5, 5.41) is 25.6. The zero-order chi connectivity index (χ0) is 21.0. The number of carbonyl (C=O) groups excluding carboxylic acids is 1. The molecule has 0 bridgehead atoms. The van der Waals surface area contributed by atoms with Gasteiger partial charge in [0.2, 0.25) is 11.9 Å². The Balaban J connectivity index is 1.60. The van der Waals surface area contributed by atoms with E-state index in [1.165, 1.54) is 6.20 Å². The number of hydrogen-bond donors (Lipinski definition) is 4. The molecular weight excluding hydrogens is 417 g/mol. The van der Waals surface area contributed by atoms with E-state index in [1.807, 2.05) is 11.0 Å². The summed E-state index contributed by atoms with van der Waals surface area (Å²) in [5.74, 6) is 0.492. The van der Waals surface area contributed by atoms with Gasteiger partial charge in [0.1, 0.15) is 5.02 Å². The summed E-state index contributed by atoms with van der Waals surface area (Å²) in [6.07, 6.45) is 1.49. The first-order chi connectivity index (χ1) is 13.9. The summed E-state index contributed by atoms with van der Waals surface area (Å²) in [6.45, 7) is 2.43. The summed E-state index contributed by atoms with van der Waals surface area (Å²) in [7, 11) is 0. The number of hydrogen-bond acceptors (Lipinski definition) is 7. The number of aromatic nitrogens is 2. The van der Waals surface area contributed by atoms with E-state index in [1.54, 1.807) is 25.1 Å². The molecular formula is C19H23Cl2N5O3. The molecule has 8 nitrogen and oxygen atoms in total. The minimum absolute atomic E-state index is 0.0497. The Morgan fingerprint density at radius 3 is 2.72 bits per heavy atom. The van der Waals surface area contributed by atoms with Gasteiger partial charge in [0.25, 0.3) is 0 Å². The number of anilines is 2. The van der Waals surface area contributed by atoms with Crippen LogP contribution in [0, 0.1) is 5.92 Å². The number of carbonyl (C=O) groups is 1. The molecule has 2 aromatic rings. The first-order valence-corrected chi connectivity index (χ1v) is 9.98. The van der Waals surface area contributed by atoms with Gasteiger partial charge >= 0.3 is 0 Å². The standard InChI is InChI=1S/C19H23Cl2N5O3/c1-11(9-27)23-19-22-6-15(21)17(25-19)26-7-13(8-26)18(29)24-16(10-28)12-3-2-4-14(20)5-12/h2-6,11,13,16,27-28H,7-10H2,1H3,(H,24,29)(H,22,23,25). The number of rotatable bonds is 8. The number of amides is 1. The van der Waals surface area contributed by atoms with E-state index in [4.69, 9.17) is 28.3 Å². The SMILES string of the molecule is CC(CO)Nc1ncc(Cl)c(N2CC(C(=O)NC(CO)c3cccc(Cl)c3)C2)n1. The molecule has 10 heteroatoms. The van der Waals surface area contributed by atoms with Crippen molar-refractivity contribution >= 4 is 40.9 Å². The van der Waals surface area contributed by atoms with Crippen molar-refractivity contribution in [2.45, 2.75) is 19.0 Å². The van der Waals surface area contributed by atoms with Gasteiger partial charge in [-0.1, -0.05) is 35.3 Å². The van der Waals surface area contributed by atoms with E-state index in [-0.39, 0.29) is 31.1 Å². The summed E-state index contributed by atoms with van der Waals surface area (Å²) >= 11 is 12.2. The molecule has 156 valence electrons. The second-order valence-corrected chi connectivity index (χ2v) is 7.84. The molecule has 2 heterocycles. The minimum Gasteiger partial charge on any atom is -0.394 e. The van der Waals surface area contributed by atoms with Gasteiger partial charge in [-0.15, -0.1) is 0 Å². The first kappa shape index (κ1) is 21.6. The van der Waals surface area contributed by atoms with E-state index in [0.717, 1.165) is 5.56 Å². The largest absolute Gasteiger partial charge is 0.394 e. The lowest BCUT2D eigenvalue weighted by molar-refractivity contribution is -0.126. The maximum atomic E-state index is 12.6. The van der Waals surface area contributed by atoms with E-state index < -0.39 is 6.04 Å². The molecule has 1 amide bonds. The average Bonchev–Trinajstić information content (AvgIpc) is 2.67. The summed E-state index contributed by atoms with van der Waals surface area (Å²) < 4.78 is 0. The molecule has 0 aliphatic carbocycles. The molecule has 0 spiro atoms. The molecule has 0 saturated carbocycles. The smallest absolute Gasteiger partial charge is 0.227 e. The fraction of sp³-hybridized carbons (Fsp3) is 0.421. The lowest BCUT2D eigenvalue weighted by Gasteiger charge is -2.40. The Morgan fingerprint density at radius 1 is 1.31 bits per heavy atom. The highest BCUT2D eigenvalue weighted by Crippen LogP contribution is 2.30. The van der Waals surface area contributed by atoms with Crippen molar-refractivity contribution in [1.82, 2.24) is 15.3 Å². The molecule has 2 atom stereocenters. The van der Waals surface area contributed by atoms with Crippen LogP contribution in [0.2, 0.25) is 10.0 Å². The fourth-order valence-electron chi connectivity index (χ4n) is 2.98. The van der Waals surface area contributed by atoms with Crippen LogP contribution in [0.1, 0.15) is 18.5 Å². The second-order valence-electron chi connectivity index (χ2n) is 6.99. The Morgan fingerprint density at radius 2 is 2.07 bits per heavy atom. The fourth-order valence-corrected chi connectivity index (χ4v) is 3.39. The predicted octanol–water partition coefficient (Wildman–Crippen LogP) is 1.86. The Hall–Kier alpha value is -2.13. The highest BCUT2D eigenvalue weighted by Gasteiger charge is 2.35. The molecule has 1 saturated heterocycles. The third-order valence-electron chi connectivity index (χ3n) is 4.68. The first-order valence-electron chi connectivity index (χ1n) is 9.22. The molecule has 1 fully saturated rings. The van der Waals surface area contributed by atoms with Gasteiger partial charge in [0.15, 0.2) is 5.82 Å². The Kier molecular flexibility index (Phi) is 7.13. The van der Waals surface area contributed by atoms with E-state index in [9.17, 15) is 9.90 Å². The van der Waals surface area contributed by atoms with Crippen LogP contribution >= 0.6 is 23.2 Å². The summed E-state index contributed by atoms with van der Waals surface area (Å²) in [5.41, 5.74) is 0.747. The third-order valence-corrected chi connectivity index (χ3v) is 5.18. The van der Waals surface area contributed by atoms with Crippen LogP contribution in [-0.2, 0) is 4.79 Å². The number of nitrogens with zero attached hydrogens (tertiary/aromatic N) is 3. The second kappa shape index (κ2) is 9.58. The molecule has 1 aliphatic heterocycles. The van der Waals surface area contributed by atoms with Crippen LogP contribution in [0.3, 0.4) is 0 Å². The number of aliphatic hydroxyl groups is 2. The van der Waals surface area contributed by atoms with Crippen molar-refractivity contribution in [2.24, 2.45) is 5.92 Å². The maximum absolute atomic E-state index is 12.6. The molecule has 1 aromatic carbocycles. The lowest BCUT2D eigenvalue weighted by Crippen LogP contribution is -2.54. The van der Waals surface area contributed by atoms with Gasteiger partial charge in [-0.2, -0.15) is 4.98 Å². The maximum Gasteiger partial charge on any atom is 0.227 e. The van der Waals surface area contributed by atoms with E-state index in [0.29, 0.717) is 34.9 Å². The van der Waals surface area contributed by atoms with Crippen molar-refractivity contribution in [3.8, 4) is 0 Å². The molecule has 29 heavy (non-hydrogen) atoms. The van der Waals surface area contributed by atoms with Gasteiger partial charge < -0.3 is 25.7 Å². The number of aliphatic hydroxyl groups excluding tert-OH is 2. The van der Waals surface area contributed by atoms with Crippen LogP contribution in [0.15, 0.2) is 30.5 Å². The van der Waals surface area contributed by atoms with Gasteiger partial charge in [-0.3, -0.25) is 4.79 Å². The normalized spacial score (nSPS) is 16.1. The van der Waals surface area contributed by atoms with E-state index in [2.05, 4.69) is 20.6 Å². The quantitative estimate of drug-likeness (QED) is 0.496. The molecule has 1 aromatic heterocycles.